The van der Waals surface area contributed by atoms with Crippen LogP contribution < -0.4 is 4.90 Å². The van der Waals surface area contributed by atoms with Crippen molar-refractivity contribution in [1.29, 1.82) is 0 Å². The van der Waals surface area contributed by atoms with Crippen molar-refractivity contribution >= 4 is 23.0 Å². The highest BCUT2D eigenvalue weighted by molar-refractivity contribution is 5.80. The van der Waals surface area contributed by atoms with Gasteiger partial charge in [-0.25, -0.2) is 0 Å². The molecule has 3 aromatic rings. The Labute approximate surface area is 177 Å². The van der Waals surface area contributed by atoms with Gasteiger partial charge in [-0.2, -0.15) is 4.98 Å². The zero-order chi connectivity index (χ0) is 20.5. The van der Waals surface area contributed by atoms with Crippen molar-refractivity contribution in [3.63, 3.8) is 0 Å². The molecule has 2 aromatic carbocycles. The van der Waals surface area contributed by atoms with Crippen LogP contribution in [-0.4, -0.2) is 35.4 Å². The van der Waals surface area contributed by atoms with E-state index in [-0.39, 0.29) is 17.9 Å². The molecule has 30 heavy (non-hydrogen) atoms. The van der Waals surface area contributed by atoms with E-state index in [0.29, 0.717) is 12.6 Å². The summed E-state index contributed by atoms with van der Waals surface area (Å²) in [5.41, 5.74) is 4.36. The lowest BCUT2D eigenvalue weighted by molar-refractivity contribution is -0.138. The summed E-state index contributed by atoms with van der Waals surface area (Å²) in [6, 6.07) is 17.2. The molecule has 1 fully saturated rings. The Morgan fingerprint density at radius 3 is 2.70 bits per heavy atom. The molecule has 2 aliphatic rings. The summed E-state index contributed by atoms with van der Waals surface area (Å²) >= 11 is 0. The maximum Gasteiger partial charge on any atom is 0.298 e. The fraction of sp³-hybridized carbons (Fsp3) is 0.360. The highest BCUT2D eigenvalue weighted by Crippen LogP contribution is 2.37. The van der Waals surface area contributed by atoms with Crippen molar-refractivity contribution in [3.8, 4) is 0 Å². The van der Waals surface area contributed by atoms with E-state index in [1.807, 2.05) is 30.3 Å². The molecule has 0 saturated carbocycles. The van der Waals surface area contributed by atoms with Crippen LogP contribution in [0.2, 0.25) is 0 Å². The molecule has 1 aromatic heterocycles. The lowest BCUT2D eigenvalue weighted by Crippen LogP contribution is -2.44. The van der Waals surface area contributed by atoms with Crippen LogP contribution in [0.3, 0.4) is 0 Å². The predicted octanol–water partition coefficient (Wildman–Crippen LogP) is 4.75. The topological polar surface area (TPSA) is 49.6 Å². The van der Waals surface area contributed by atoms with Crippen LogP contribution >= 0.6 is 0 Å². The summed E-state index contributed by atoms with van der Waals surface area (Å²) in [4.78, 5) is 22.3. The maximum absolute atomic E-state index is 13.5. The summed E-state index contributed by atoms with van der Waals surface area (Å²) < 4.78 is 5.92. The van der Waals surface area contributed by atoms with Gasteiger partial charge in [0.15, 0.2) is 5.58 Å². The quantitative estimate of drug-likeness (QED) is 0.579. The van der Waals surface area contributed by atoms with Crippen molar-refractivity contribution in [3.05, 3.63) is 72.3 Å². The van der Waals surface area contributed by atoms with Gasteiger partial charge >= 0.3 is 0 Å². The van der Waals surface area contributed by atoms with E-state index in [0.717, 1.165) is 49.9 Å². The van der Waals surface area contributed by atoms with Gasteiger partial charge in [0.05, 0.1) is 6.04 Å². The molecule has 1 aliphatic heterocycles. The molecule has 1 saturated heterocycles. The lowest BCUT2D eigenvalue weighted by Gasteiger charge is -2.36. The summed E-state index contributed by atoms with van der Waals surface area (Å²) in [5, 5.41) is 0. The molecule has 5 rings (SSSR count). The van der Waals surface area contributed by atoms with Crippen LogP contribution in [0.15, 0.2) is 65.6 Å². The molecule has 2 heterocycles. The Morgan fingerprint density at radius 1 is 1.13 bits per heavy atom. The van der Waals surface area contributed by atoms with E-state index in [1.165, 1.54) is 11.1 Å². The highest BCUT2D eigenvalue weighted by Gasteiger charge is 2.35. The van der Waals surface area contributed by atoms with Gasteiger partial charge in [-0.15, -0.1) is 6.58 Å². The maximum atomic E-state index is 13.5. The number of carbonyl (C=O) groups is 1. The first-order valence-corrected chi connectivity index (χ1v) is 10.8. The fourth-order valence-corrected chi connectivity index (χ4v) is 4.92. The van der Waals surface area contributed by atoms with Crippen LogP contribution in [0.1, 0.15) is 36.4 Å². The number of anilines is 1. The first kappa shape index (κ1) is 18.9. The van der Waals surface area contributed by atoms with Gasteiger partial charge < -0.3 is 14.2 Å². The molecule has 5 heteroatoms. The van der Waals surface area contributed by atoms with Crippen LogP contribution in [0.4, 0.5) is 6.01 Å². The second kappa shape index (κ2) is 7.98. The van der Waals surface area contributed by atoms with Crippen molar-refractivity contribution in [2.45, 2.75) is 31.7 Å². The first-order valence-electron chi connectivity index (χ1n) is 10.8. The van der Waals surface area contributed by atoms with Gasteiger partial charge in [-0.05, 0) is 48.9 Å². The number of oxazole rings is 1. The van der Waals surface area contributed by atoms with E-state index < -0.39 is 0 Å². The minimum absolute atomic E-state index is 0.0401. The number of amides is 1. The van der Waals surface area contributed by atoms with Crippen molar-refractivity contribution in [2.24, 2.45) is 5.92 Å². The summed E-state index contributed by atoms with van der Waals surface area (Å²) in [6.07, 6.45) is 5.53. The molecule has 0 unspecified atom stereocenters. The van der Waals surface area contributed by atoms with Crippen LogP contribution in [0.25, 0.3) is 11.1 Å². The SMILES string of the molecule is C=CCN(C(=O)C1CCN(c2nc3ccccc3o2)CC1)[C@@H]1CCc2ccccc21. The van der Waals surface area contributed by atoms with Gasteiger partial charge in [0.2, 0.25) is 5.91 Å². The number of carbonyl (C=O) groups excluding carboxylic acids is 1. The Balaban J connectivity index is 1.28. The third-order valence-electron chi connectivity index (χ3n) is 6.48. The fourth-order valence-electron chi connectivity index (χ4n) is 4.92. The molecule has 0 spiro atoms. The molecule has 1 aliphatic carbocycles. The summed E-state index contributed by atoms with van der Waals surface area (Å²) in [6.45, 7) is 6.07. The van der Waals surface area contributed by atoms with E-state index in [1.54, 1.807) is 0 Å². The Morgan fingerprint density at radius 2 is 1.90 bits per heavy atom. The zero-order valence-corrected chi connectivity index (χ0v) is 17.2. The summed E-state index contributed by atoms with van der Waals surface area (Å²) in [7, 11) is 0. The number of benzene rings is 2. The lowest BCUT2D eigenvalue weighted by atomic mass is 9.94. The largest absolute Gasteiger partial charge is 0.423 e. The first-order chi connectivity index (χ1) is 14.7. The number of rotatable bonds is 5. The number of fused-ring (bicyclic) bond motifs is 2. The summed E-state index contributed by atoms with van der Waals surface area (Å²) in [5.74, 6) is 0.298. The number of piperidine rings is 1. The molecule has 5 nitrogen and oxygen atoms in total. The average molecular weight is 402 g/mol. The van der Waals surface area contributed by atoms with E-state index in [4.69, 9.17) is 4.42 Å². The highest BCUT2D eigenvalue weighted by atomic mass is 16.4. The van der Waals surface area contributed by atoms with Gasteiger partial charge in [-0.1, -0.05) is 42.5 Å². The molecule has 154 valence electrons. The van der Waals surface area contributed by atoms with Crippen molar-refractivity contribution < 1.29 is 9.21 Å². The average Bonchev–Trinajstić information content (AvgIpc) is 3.41. The van der Waals surface area contributed by atoms with E-state index in [2.05, 4.69) is 45.6 Å². The smallest absolute Gasteiger partial charge is 0.298 e. The minimum Gasteiger partial charge on any atom is -0.423 e. The molecular weight excluding hydrogens is 374 g/mol. The van der Waals surface area contributed by atoms with Gasteiger partial charge in [0.1, 0.15) is 5.52 Å². The number of hydrogen-bond donors (Lipinski definition) is 0. The number of aromatic nitrogens is 1. The van der Waals surface area contributed by atoms with Crippen molar-refractivity contribution in [2.75, 3.05) is 24.5 Å². The number of hydrogen-bond acceptors (Lipinski definition) is 4. The minimum atomic E-state index is 0.0401. The van der Waals surface area contributed by atoms with Crippen LogP contribution in [0.5, 0.6) is 0 Å². The van der Waals surface area contributed by atoms with E-state index >= 15 is 0 Å². The predicted molar refractivity (Wildman–Crippen MR) is 118 cm³/mol. The monoisotopic (exact) mass is 401 g/mol. The van der Waals surface area contributed by atoms with Gasteiger partial charge in [-0.3, -0.25) is 4.79 Å². The number of para-hydroxylation sites is 2. The van der Waals surface area contributed by atoms with Crippen LogP contribution in [0, 0.1) is 5.92 Å². The van der Waals surface area contributed by atoms with Crippen LogP contribution in [-0.2, 0) is 11.2 Å². The standard InChI is InChI=1S/C25H27N3O2/c1-2-15-28(22-12-11-18-7-3-4-8-20(18)22)24(29)19-13-16-27(17-14-19)25-26-21-9-5-6-10-23(21)30-25/h2-10,19,22H,1,11-17H2/t22-/m1/s1. The molecule has 0 bridgehead atoms. The third kappa shape index (κ3) is 3.38. The Kier molecular flexibility index (Phi) is 5.03. The zero-order valence-electron chi connectivity index (χ0n) is 17.2. The van der Waals surface area contributed by atoms with Crippen molar-refractivity contribution in [1.82, 2.24) is 9.88 Å². The molecule has 0 radical (unpaired) electrons. The van der Waals surface area contributed by atoms with E-state index in [9.17, 15) is 4.79 Å². The molecule has 1 amide bonds. The second-order valence-corrected chi connectivity index (χ2v) is 8.26. The molecule has 0 N–H and O–H groups in total. The normalized spacial score (nSPS) is 19.1. The third-order valence-corrected chi connectivity index (χ3v) is 6.48. The van der Waals surface area contributed by atoms with Gasteiger partial charge in [0, 0.05) is 25.6 Å². The molecule has 1 atom stereocenters. The van der Waals surface area contributed by atoms with Gasteiger partial charge in [0.25, 0.3) is 6.01 Å². The molecular formula is C25H27N3O2. The Bertz CT molecular complexity index is 1030. The second-order valence-electron chi connectivity index (χ2n) is 8.26. The number of aryl methyl sites for hydroxylation is 1. The Hall–Kier alpha value is -3.08. The number of nitrogens with zero attached hydrogens (tertiary/aromatic N) is 3.